The Morgan fingerprint density at radius 1 is 1.07 bits per heavy atom. The van der Waals surface area contributed by atoms with Gasteiger partial charge in [-0.25, -0.2) is 0 Å². The number of Topliss-reactive ketones (excluding diaryl/α,β-unsaturated/α-hetero) is 1. The molecule has 86 valence electrons. The van der Waals surface area contributed by atoms with Crippen LogP contribution in [-0.2, 0) is 4.79 Å². The average molecular weight is 210 g/mol. The highest BCUT2D eigenvalue weighted by atomic mass is 16.1. The maximum atomic E-state index is 10.9. The zero-order valence-electron chi connectivity index (χ0n) is 9.74. The largest absolute Gasteiger partial charge is 0.361 e. The second-order valence-corrected chi connectivity index (χ2v) is 3.94. The molecule has 0 spiro atoms. The second kappa shape index (κ2) is 11.1. The van der Waals surface area contributed by atoms with E-state index in [1.807, 2.05) is 0 Å². The fourth-order valence-corrected chi connectivity index (χ4v) is 1.56. The van der Waals surface area contributed by atoms with Gasteiger partial charge in [-0.1, -0.05) is 51.9 Å². The van der Waals surface area contributed by atoms with E-state index >= 15 is 0 Å². The van der Waals surface area contributed by atoms with Crippen molar-refractivity contribution in [2.24, 2.45) is 0 Å². The fourth-order valence-electron chi connectivity index (χ4n) is 1.56. The Labute approximate surface area is 92.5 Å². The van der Waals surface area contributed by atoms with Gasteiger partial charge in [0.2, 0.25) is 5.78 Å². The van der Waals surface area contributed by atoms with Crippen LogP contribution in [0.4, 0.5) is 0 Å². The van der Waals surface area contributed by atoms with Crippen LogP contribution in [0.15, 0.2) is 0 Å². The van der Waals surface area contributed by atoms with Gasteiger partial charge in [0.1, 0.15) is 0 Å². The summed E-state index contributed by atoms with van der Waals surface area (Å²) in [5, 5.41) is 0. The van der Waals surface area contributed by atoms with Crippen LogP contribution in [-0.4, -0.2) is 16.8 Å². The lowest BCUT2D eigenvalue weighted by Gasteiger charge is -1.99. The van der Waals surface area contributed by atoms with Gasteiger partial charge in [-0.3, -0.25) is 4.79 Å². The summed E-state index contributed by atoms with van der Waals surface area (Å²) in [6.07, 6.45) is 11.3. The molecule has 3 nitrogen and oxygen atoms in total. The van der Waals surface area contributed by atoms with E-state index in [1.54, 1.807) is 0 Å². The van der Waals surface area contributed by atoms with Crippen LogP contribution in [0, 0.1) is 0 Å². The minimum absolute atomic E-state index is 0.0801. The molecule has 0 bridgehead atoms. The summed E-state index contributed by atoms with van der Waals surface area (Å²) in [5.74, 6) is -0.0801. The molecule has 0 fully saturated rings. The first-order chi connectivity index (χ1) is 7.31. The topological polar surface area (TPSA) is 53.5 Å². The van der Waals surface area contributed by atoms with Crippen molar-refractivity contribution in [2.45, 2.75) is 64.7 Å². The van der Waals surface area contributed by atoms with Crippen molar-refractivity contribution < 1.29 is 9.58 Å². The Morgan fingerprint density at radius 3 is 2.13 bits per heavy atom. The van der Waals surface area contributed by atoms with Gasteiger partial charge in [0.25, 0.3) is 0 Å². The molecule has 0 heterocycles. The molecule has 0 saturated heterocycles. The Balaban J connectivity index is 3.11. The third-order valence-electron chi connectivity index (χ3n) is 2.48. The maximum Gasteiger partial charge on any atom is 0.323 e. The van der Waals surface area contributed by atoms with Crippen molar-refractivity contribution in [3.63, 3.8) is 0 Å². The van der Waals surface area contributed by atoms with E-state index in [9.17, 15) is 4.79 Å². The van der Waals surface area contributed by atoms with Crippen molar-refractivity contribution in [1.29, 1.82) is 0 Å². The van der Waals surface area contributed by atoms with Crippen molar-refractivity contribution in [3.8, 4) is 0 Å². The standard InChI is InChI=1S/C12H22N2O/c1-2-3-4-5-6-7-8-9-10-12(15)11-14-13/h11H,2-10H2,1H3. The van der Waals surface area contributed by atoms with Gasteiger partial charge in [0.15, 0.2) is 0 Å². The summed E-state index contributed by atoms with van der Waals surface area (Å²) in [6.45, 7) is 2.22. The number of ketones is 1. The van der Waals surface area contributed by atoms with E-state index in [2.05, 4.69) is 11.7 Å². The van der Waals surface area contributed by atoms with Gasteiger partial charge in [0, 0.05) is 6.42 Å². The summed E-state index contributed by atoms with van der Waals surface area (Å²) < 4.78 is 0. The van der Waals surface area contributed by atoms with Crippen molar-refractivity contribution >= 4 is 12.0 Å². The maximum absolute atomic E-state index is 10.9. The number of carbonyl (C=O) groups excluding carboxylic acids is 1. The lowest BCUT2D eigenvalue weighted by atomic mass is 10.1. The Morgan fingerprint density at radius 2 is 1.60 bits per heavy atom. The quantitative estimate of drug-likeness (QED) is 0.236. The van der Waals surface area contributed by atoms with E-state index in [1.165, 1.54) is 38.5 Å². The van der Waals surface area contributed by atoms with E-state index in [-0.39, 0.29) is 5.78 Å². The summed E-state index contributed by atoms with van der Waals surface area (Å²) in [5.41, 5.74) is 8.11. The fraction of sp³-hybridized carbons (Fsp3) is 0.833. The molecular formula is C12H22N2O. The minimum Gasteiger partial charge on any atom is -0.361 e. The molecule has 15 heavy (non-hydrogen) atoms. The first kappa shape index (κ1) is 14.1. The number of hydrogen-bond acceptors (Lipinski definition) is 1. The van der Waals surface area contributed by atoms with Crippen LogP contribution in [0.5, 0.6) is 0 Å². The molecule has 0 aromatic carbocycles. The van der Waals surface area contributed by atoms with Crippen molar-refractivity contribution in [3.05, 3.63) is 5.53 Å². The van der Waals surface area contributed by atoms with Gasteiger partial charge in [-0.15, -0.1) is 0 Å². The molecule has 0 N–H and O–H groups in total. The molecule has 0 radical (unpaired) electrons. The highest BCUT2D eigenvalue weighted by Crippen LogP contribution is 2.09. The van der Waals surface area contributed by atoms with E-state index in [4.69, 9.17) is 5.53 Å². The normalized spacial score (nSPS) is 9.67. The second-order valence-electron chi connectivity index (χ2n) is 3.94. The third-order valence-corrected chi connectivity index (χ3v) is 2.48. The van der Waals surface area contributed by atoms with Gasteiger partial charge in [0.05, 0.1) is 0 Å². The Hall–Kier alpha value is -0.950. The van der Waals surface area contributed by atoms with Gasteiger partial charge >= 0.3 is 6.21 Å². The summed E-state index contributed by atoms with van der Waals surface area (Å²) in [6, 6.07) is 0. The van der Waals surface area contributed by atoms with Crippen LogP contribution in [0.3, 0.4) is 0 Å². The molecular weight excluding hydrogens is 188 g/mol. The highest BCUT2D eigenvalue weighted by Gasteiger charge is 2.01. The third kappa shape index (κ3) is 11.0. The van der Waals surface area contributed by atoms with Crippen molar-refractivity contribution in [1.82, 2.24) is 0 Å². The number of hydrogen-bond donors (Lipinski definition) is 0. The first-order valence-corrected chi connectivity index (χ1v) is 6.01. The summed E-state index contributed by atoms with van der Waals surface area (Å²) in [4.78, 5) is 13.6. The first-order valence-electron chi connectivity index (χ1n) is 6.01. The number of rotatable bonds is 10. The summed E-state index contributed by atoms with van der Waals surface area (Å²) in [7, 11) is 0. The smallest absolute Gasteiger partial charge is 0.323 e. The van der Waals surface area contributed by atoms with E-state index in [0.717, 1.165) is 19.1 Å². The van der Waals surface area contributed by atoms with Gasteiger partial charge in [-0.05, 0) is 6.42 Å². The van der Waals surface area contributed by atoms with Crippen molar-refractivity contribution in [2.75, 3.05) is 0 Å². The number of nitrogens with zero attached hydrogens (tertiary/aromatic N) is 2. The molecule has 0 aliphatic rings. The zero-order valence-corrected chi connectivity index (χ0v) is 9.74. The molecule has 0 saturated carbocycles. The molecule has 0 rings (SSSR count). The van der Waals surface area contributed by atoms with Crippen LogP contribution in [0.25, 0.3) is 5.53 Å². The molecule has 0 unspecified atom stereocenters. The lowest BCUT2D eigenvalue weighted by Crippen LogP contribution is -1.98. The molecule has 0 aliphatic carbocycles. The lowest BCUT2D eigenvalue weighted by molar-refractivity contribution is -0.116. The SMILES string of the molecule is CCCCCCCCCCC(=O)C=[N+]=[N-]. The minimum atomic E-state index is -0.0801. The van der Waals surface area contributed by atoms with E-state index < -0.39 is 0 Å². The van der Waals surface area contributed by atoms with Crippen LogP contribution >= 0.6 is 0 Å². The van der Waals surface area contributed by atoms with Crippen LogP contribution < -0.4 is 0 Å². The van der Waals surface area contributed by atoms with Gasteiger partial charge < -0.3 is 5.53 Å². The zero-order chi connectivity index (χ0) is 11.4. The Kier molecular flexibility index (Phi) is 10.4. The van der Waals surface area contributed by atoms with Gasteiger partial charge in [-0.2, -0.15) is 4.79 Å². The molecule has 0 aromatic rings. The molecule has 0 atom stereocenters. The van der Waals surface area contributed by atoms with Crippen LogP contribution in [0.2, 0.25) is 0 Å². The molecule has 0 amide bonds. The Bertz CT molecular complexity index is 208. The predicted molar refractivity (Wildman–Crippen MR) is 61.9 cm³/mol. The van der Waals surface area contributed by atoms with E-state index in [0.29, 0.717) is 6.42 Å². The average Bonchev–Trinajstić information content (AvgIpc) is 2.22. The monoisotopic (exact) mass is 210 g/mol. The van der Waals surface area contributed by atoms with Crippen LogP contribution in [0.1, 0.15) is 64.7 Å². The highest BCUT2D eigenvalue weighted by molar-refractivity contribution is 6.25. The molecule has 0 aromatic heterocycles. The molecule has 0 aliphatic heterocycles. The predicted octanol–water partition coefficient (Wildman–Crippen LogP) is 3.39. The number of unbranched alkanes of at least 4 members (excludes halogenated alkanes) is 7. The molecule has 3 heteroatoms. The number of carbonyl (C=O) groups is 1. The summed E-state index contributed by atoms with van der Waals surface area (Å²) >= 11 is 0.